The summed E-state index contributed by atoms with van der Waals surface area (Å²) in [5.74, 6) is 0. The van der Waals surface area contributed by atoms with Crippen LogP contribution in [0.15, 0.2) is 18.2 Å². The van der Waals surface area contributed by atoms with Crippen LogP contribution in [0.5, 0.6) is 0 Å². The van der Waals surface area contributed by atoms with E-state index in [0.717, 1.165) is 12.6 Å². The van der Waals surface area contributed by atoms with Crippen molar-refractivity contribution >= 4 is 0 Å². The van der Waals surface area contributed by atoms with Crippen LogP contribution >= 0.6 is 0 Å². The summed E-state index contributed by atoms with van der Waals surface area (Å²) < 4.78 is 0. The monoisotopic (exact) mass is 203 g/mol. The Morgan fingerprint density at radius 1 is 1.33 bits per heavy atom. The van der Waals surface area contributed by atoms with E-state index < -0.39 is 0 Å². The highest BCUT2D eigenvalue weighted by atomic mass is 15.0. The summed E-state index contributed by atoms with van der Waals surface area (Å²) in [5, 5.41) is 3.63. The van der Waals surface area contributed by atoms with Gasteiger partial charge in [-0.2, -0.15) is 0 Å². The molecular formula is C14H21N. The standard InChI is InChI=1S/C14H21N/c1-10-5-6-11(2)12(7-10)9-15-13-8-14(13,3)4/h5-7,13,15H,8-9H2,1-4H3. The number of hydrogen-bond acceptors (Lipinski definition) is 1. The van der Waals surface area contributed by atoms with Gasteiger partial charge in [0, 0.05) is 12.6 Å². The molecule has 1 aromatic carbocycles. The van der Waals surface area contributed by atoms with Crippen molar-refractivity contribution in [3.05, 3.63) is 34.9 Å². The Morgan fingerprint density at radius 2 is 2.00 bits per heavy atom. The highest BCUT2D eigenvalue weighted by molar-refractivity contribution is 5.30. The summed E-state index contributed by atoms with van der Waals surface area (Å²) >= 11 is 0. The second kappa shape index (κ2) is 3.64. The van der Waals surface area contributed by atoms with E-state index >= 15 is 0 Å². The second-order valence-corrected chi connectivity index (χ2v) is 5.56. The highest BCUT2D eigenvalue weighted by Gasteiger charge is 2.44. The topological polar surface area (TPSA) is 12.0 Å². The molecule has 0 saturated heterocycles. The van der Waals surface area contributed by atoms with Crippen molar-refractivity contribution in [1.29, 1.82) is 0 Å². The predicted octanol–water partition coefficient (Wildman–Crippen LogP) is 3.19. The summed E-state index contributed by atoms with van der Waals surface area (Å²) in [7, 11) is 0. The van der Waals surface area contributed by atoms with Gasteiger partial charge in [0.1, 0.15) is 0 Å². The second-order valence-electron chi connectivity index (χ2n) is 5.56. The fourth-order valence-corrected chi connectivity index (χ4v) is 2.04. The van der Waals surface area contributed by atoms with Gasteiger partial charge in [-0.1, -0.05) is 37.6 Å². The average molecular weight is 203 g/mol. The smallest absolute Gasteiger partial charge is 0.0211 e. The van der Waals surface area contributed by atoms with Gasteiger partial charge >= 0.3 is 0 Å². The summed E-state index contributed by atoms with van der Waals surface area (Å²) in [6, 6.07) is 7.40. The molecule has 0 aromatic heterocycles. The van der Waals surface area contributed by atoms with E-state index in [-0.39, 0.29) is 0 Å². The van der Waals surface area contributed by atoms with Crippen molar-refractivity contribution in [2.75, 3.05) is 0 Å². The van der Waals surface area contributed by atoms with E-state index in [2.05, 4.69) is 51.2 Å². The zero-order chi connectivity index (χ0) is 11.1. The molecule has 1 aliphatic rings. The zero-order valence-electron chi connectivity index (χ0n) is 10.2. The zero-order valence-corrected chi connectivity index (χ0v) is 10.2. The van der Waals surface area contributed by atoms with Crippen molar-refractivity contribution < 1.29 is 0 Å². The Kier molecular flexibility index (Phi) is 2.59. The first-order chi connectivity index (χ1) is 6.99. The molecule has 0 bridgehead atoms. The largest absolute Gasteiger partial charge is 0.309 e. The lowest BCUT2D eigenvalue weighted by atomic mass is 10.1. The molecule has 15 heavy (non-hydrogen) atoms. The Morgan fingerprint density at radius 3 is 2.60 bits per heavy atom. The van der Waals surface area contributed by atoms with Gasteiger partial charge in [-0.15, -0.1) is 0 Å². The molecule has 1 nitrogen and oxygen atoms in total. The Balaban J connectivity index is 1.96. The van der Waals surface area contributed by atoms with E-state index in [1.807, 2.05) is 0 Å². The summed E-state index contributed by atoms with van der Waals surface area (Å²) in [6.45, 7) is 10.0. The molecule has 1 fully saturated rings. The number of benzene rings is 1. The lowest BCUT2D eigenvalue weighted by molar-refractivity contribution is 0.541. The van der Waals surface area contributed by atoms with Gasteiger partial charge in [0.15, 0.2) is 0 Å². The summed E-state index contributed by atoms with van der Waals surface area (Å²) in [4.78, 5) is 0. The molecule has 0 aliphatic heterocycles. The maximum Gasteiger partial charge on any atom is 0.0211 e. The summed E-state index contributed by atoms with van der Waals surface area (Å²) in [6.07, 6.45) is 1.32. The molecule has 1 aliphatic carbocycles. The lowest BCUT2D eigenvalue weighted by Gasteiger charge is -2.10. The van der Waals surface area contributed by atoms with Crippen LogP contribution in [0.3, 0.4) is 0 Å². The molecule has 0 spiro atoms. The van der Waals surface area contributed by atoms with Gasteiger partial charge in [0.2, 0.25) is 0 Å². The fraction of sp³-hybridized carbons (Fsp3) is 0.571. The van der Waals surface area contributed by atoms with Crippen molar-refractivity contribution in [1.82, 2.24) is 5.32 Å². The van der Waals surface area contributed by atoms with Crippen molar-refractivity contribution in [3.63, 3.8) is 0 Å². The van der Waals surface area contributed by atoms with Crippen LogP contribution in [-0.2, 0) is 6.54 Å². The van der Waals surface area contributed by atoms with E-state index in [9.17, 15) is 0 Å². The van der Waals surface area contributed by atoms with Crippen LogP contribution in [0.2, 0.25) is 0 Å². The minimum Gasteiger partial charge on any atom is -0.309 e. The molecule has 2 rings (SSSR count). The predicted molar refractivity (Wildman–Crippen MR) is 64.9 cm³/mol. The molecule has 1 unspecified atom stereocenters. The number of rotatable bonds is 3. The van der Waals surface area contributed by atoms with Crippen molar-refractivity contribution in [2.45, 2.75) is 46.7 Å². The molecule has 1 N–H and O–H groups in total. The molecule has 0 heterocycles. The average Bonchev–Trinajstić information content (AvgIpc) is 2.76. The normalized spacial score (nSPS) is 22.8. The number of hydrogen-bond donors (Lipinski definition) is 1. The Hall–Kier alpha value is -0.820. The van der Waals surface area contributed by atoms with Gasteiger partial charge in [0.25, 0.3) is 0 Å². The first kappa shape index (κ1) is 10.7. The van der Waals surface area contributed by atoms with E-state index in [1.54, 1.807) is 0 Å². The highest BCUT2D eigenvalue weighted by Crippen LogP contribution is 2.44. The third kappa shape index (κ3) is 2.40. The van der Waals surface area contributed by atoms with Crippen LogP contribution < -0.4 is 5.32 Å². The molecule has 1 heteroatoms. The van der Waals surface area contributed by atoms with Crippen LogP contribution in [0.25, 0.3) is 0 Å². The molecule has 1 atom stereocenters. The minimum atomic E-state index is 0.526. The lowest BCUT2D eigenvalue weighted by Crippen LogP contribution is -2.20. The Labute approximate surface area is 92.9 Å². The van der Waals surface area contributed by atoms with Crippen molar-refractivity contribution in [3.8, 4) is 0 Å². The minimum absolute atomic E-state index is 0.526. The van der Waals surface area contributed by atoms with E-state index in [0.29, 0.717) is 5.41 Å². The number of nitrogens with one attached hydrogen (secondary N) is 1. The molecule has 0 radical (unpaired) electrons. The van der Waals surface area contributed by atoms with Gasteiger partial charge in [0.05, 0.1) is 0 Å². The van der Waals surface area contributed by atoms with Crippen LogP contribution in [0.1, 0.15) is 37.0 Å². The summed E-state index contributed by atoms with van der Waals surface area (Å²) in [5.41, 5.74) is 4.72. The van der Waals surface area contributed by atoms with Gasteiger partial charge in [-0.05, 0) is 36.8 Å². The maximum absolute atomic E-state index is 3.63. The SMILES string of the molecule is Cc1ccc(C)c(CNC2CC2(C)C)c1. The third-order valence-electron chi connectivity index (χ3n) is 3.56. The van der Waals surface area contributed by atoms with Crippen molar-refractivity contribution in [2.24, 2.45) is 5.41 Å². The van der Waals surface area contributed by atoms with Crippen LogP contribution in [0.4, 0.5) is 0 Å². The molecule has 1 saturated carbocycles. The van der Waals surface area contributed by atoms with E-state index in [1.165, 1.54) is 23.1 Å². The van der Waals surface area contributed by atoms with Gasteiger partial charge in [-0.3, -0.25) is 0 Å². The quantitative estimate of drug-likeness (QED) is 0.795. The Bertz CT molecular complexity index is 366. The molecule has 1 aromatic rings. The first-order valence-corrected chi connectivity index (χ1v) is 5.78. The van der Waals surface area contributed by atoms with Crippen LogP contribution in [-0.4, -0.2) is 6.04 Å². The van der Waals surface area contributed by atoms with Gasteiger partial charge in [-0.25, -0.2) is 0 Å². The fourth-order valence-electron chi connectivity index (χ4n) is 2.04. The van der Waals surface area contributed by atoms with Crippen LogP contribution in [0, 0.1) is 19.3 Å². The van der Waals surface area contributed by atoms with E-state index in [4.69, 9.17) is 0 Å². The molecule has 82 valence electrons. The van der Waals surface area contributed by atoms with Gasteiger partial charge < -0.3 is 5.32 Å². The first-order valence-electron chi connectivity index (χ1n) is 5.78. The maximum atomic E-state index is 3.63. The number of aryl methyl sites for hydroxylation is 2. The molecular weight excluding hydrogens is 182 g/mol. The molecule has 0 amide bonds. The third-order valence-corrected chi connectivity index (χ3v) is 3.56.